The Morgan fingerprint density at radius 1 is 2.00 bits per heavy atom. The first-order valence-corrected chi connectivity index (χ1v) is 1.47. The quantitative estimate of drug-likeness (QED) is 0.243. The highest BCUT2D eigenvalue weighted by atomic mass is 15.2. The highest BCUT2D eigenvalue weighted by molar-refractivity contribution is 5.73. The smallest absolute Gasteiger partial charge is 0.0588 e. The van der Waals surface area contributed by atoms with Crippen LogP contribution in [0, 0.1) is 5.41 Å². The Morgan fingerprint density at radius 3 is 2.50 bits per heavy atom. The fraction of sp³-hybridized carbons (Fsp3) is 0. The second kappa shape index (κ2) is 2.41. The maximum Gasteiger partial charge on any atom is 0.0588 e. The lowest BCUT2D eigenvalue weighted by Gasteiger charge is -1.89. The summed E-state index contributed by atoms with van der Waals surface area (Å²) in [5, 5.41) is 6.44. The van der Waals surface area contributed by atoms with E-state index in [4.69, 9.17) is 11.3 Å². The molecule has 6 heavy (non-hydrogen) atoms. The molecule has 0 saturated carbocycles. The van der Waals surface area contributed by atoms with Crippen LogP contribution in [0.1, 0.15) is 0 Å². The van der Waals surface area contributed by atoms with E-state index in [9.17, 15) is 0 Å². The number of allylic oxidation sites excluding steroid dienone is 1. The normalized spacial score (nSPS) is 6.83. The van der Waals surface area contributed by atoms with E-state index >= 15 is 0 Å². The van der Waals surface area contributed by atoms with Gasteiger partial charge >= 0.3 is 0 Å². The van der Waals surface area contributed by atoms with Gasteiger partial charge in [-0.05, 0) is 0 Å². The van der Waals surface area contributed by atoms with Gasteiger partial charge in [-0.25, -0.2) is 0 Å². The van der Waals surface area contributed by atoms with Crippen LogP contribution < -0.4 is 11.3 Å². The number of hydrazine groups is 1. The standard InChI is InChI=1S/C3H7N3/c1-3(2-4)6-5/h2,4,6H,1,5H2. The molecule has 0 bridgehead atoms. The summed E-state index contributed by atoms with van der Waals surface area (Å²) in [4.78, 5) is 0. The maximum absolute atomic E-state index is 6.44. The van der Waals surface area contributed by atoms with E-state index in [1.54, 1.807) is 0 Å². The average Bonchev–Trinajstić information content (AvgIpc) is 1.65. The SMILES string of the molecule is C=C(C=N)NN. The molecular formula is C3H7N3. The molecule has 0 saturated heterocycles. The Balaban J connectivity index is 3.23. The molecule has 0 rings (SSSR count). The largest absolute Gasteiger partial charge is 0.323 e. The molecule has 3 heteroatoms. The second-order valence-electron chi connectivity index (χ2n) is 0.814. The molecule has 0 aromatic carbocycles. The summed E-state index contributed by atoms with van der Waals surface area (Å²) < 4.78 is 0. The molecule has 0 aliphatic carbocycles. The third-order valence-electron chi connectivity index (χ3n) is 0.360. The van der Waals surface area contributed by atoms with Gasteiger partial charge in [0, 0.05) is 6.21 Å². The minimum atomic E-state index is 0.412. The summed E-state index contributed by atoms with van der Waals surface area (Å²) in [5.41, 5.74) is 2.59. The van der Waals surface area contributed by atoms with Gasteiger partial charge in [0.05, 0.1) is 5.70 Å². The molecule has 0 aromatic rings. The van der Waals surface area contributed by atoms with Crippen molar-refractivity contribution in [3.05, 3.63) is 12.3 Å². The zero-order chi connectivity index (χ0) is 4.99. The first-order valence-electron chi connectivity index (χ1n) is 1.47. The van der Waals surface area contributed by atoms with Crippen molar-refractivity contribution in [2.45, 2.75) is 0 Å². The molecule has 0 spiro atoms. The second-order valence-corrected chi connectivity index (χ2v) is 0.814. The van der Waals surface area contributed by atoms with E-state index in [1.807, 2.05) is 0 Å². The Bertz CT molecular complexity index is 66.4. The van der Waals surface area contributed by atoms with E-state index in [-0.39, 0.29) is 0 Å². The summed E-state index contributed by atoms with van der Waals surface area (Å²) in [6, 6.07) is 0. The molecule has 0 heterocycles. The van der Waals surface area contributed by atoms with E-state index in [2.05, 4.69) is 12.0 Å². The fourth-order valence-electron chi connectivity index (χ4n) is 0.0417. The van der Waals surface area contributed by atoms with E-state index in [0.717, 1.165) is 6.21 Å². The van der Waals surface area contributed by atoms with Gasteiger partial charge in [0.1, 0.15) is 0 Å². The molecule has 34 valence electrons. The molecule has 0 fully saturated rings. The van der Waals surface area contributed by atoms with Gasteiger partial charge in [-0.3, -0.25) is 5.84 Å². The number of nitrogens with two attached hydrogens (primary N) is 1. The lowest BCUT2D eigenvalue weighted by molar-refractivity contribution is 0.939. The zero-order valence-electron chi connectivity index (χ0n) is 3.36. The molecule has 0 amide bonds. The third-order valence-corrected chi connectivity index (χ3v) is 0.360. The summed E-state index contributed by atoms with van der Waals surface area (Å²) in [6.45, 7) is 3.31. The molecule has 3 nitrogen and oxygen atoms in total. The lowest BCUT2D eigenvalue weighted by Crippen LogP contribution is -2.20. The molecule has 0 unspecified atom stereocenters. The van der Waals surface area contributed by atoms with Crippen molar-refractivity contribution in [3.8, 4) is 0 Å². The monoisotopic (exact) mass is 85.1 g/mol. The van der Waals surface area contributed by atoms with Crippen molar-refractivity contribution in [2.24, 2.45) is 5.84 Å². The number of nitrogens with one attached hydrogen (secondary N) is 2. The average molecular weight is 85.1 g/mol. The van der Waals surface area contributed by atoms with Crippen LogP contribution in [0.4, 0.5) is 0 Å². The van der Waals surface area contributed by atoms with Gasteiger partial charge in [0.15, 0.2) is 0 Å². The van der Waals surface area contributed by atoms with Gasteiger partial charge in [0.2, 0.25) is 0 Å². The van der Waals surface area contributed by atoms with Crippen LogP contribution in [0.15, 0.2) is 12.3 Å². The number of rotatable bonds is 2. The van der Waals surface area contributed by atoms with Gasteiger partial charge < -0.3 is 10.8 Å². The van der Waals surface area contributed by atoms with Crippen molar-refractivity contribution in [1.29, 1.82) is 5.41 Å². The Morgan fingerprint density at radius 2 is 2.50 bits per heavy atom. The molecule has 0 radical (unpaired) electrons. The van der Waals surface area contributed by atoms with Crippen molar-refractivity contribution >= 4 is 6.21 Å². The van der Waals surface area contributed by atoms with Crippen LogP contribution in [0.25, 0.3) is 0 Å². The fourth-order valence-corrected chi connectivity index (χ4v) is 0.0417. The number of hydrogen-bond donors (Lipinski definition) is 3. The van der Waals surface area contributed by atoms with Gasteiger partial charge in [-0.2, -0.15) is 0 Å². The summed E-state index contributed by atoms with van der Waals surface area (Å²) >= 11 is 0. The lowest BCUT2D eigenvalue weighted by atomic mass is 10.6. The minimum Gasteiger partial charge on any atom is -0.323 e. The van der Waals surface area contributed by atoms with E-state index in [1.165, 1.54) is 0 Å². The highest BCUT2D eigenvalue weighted by Crippen LogP contribution is 1.63. The molecule has 0 atom stereocenters. The molecular weight excluding hydrogens is 78.1 g/mol. The van der Waals surface area contributed by atoms with Gasteiger partial charge in [-0.1, -0.05) is 6.58 Å². The third kappa shape index (κ3) is 1.49. The van der Waals surface area contributed by atoms with E-state index < -0.39 is 0 Å². The Kier molecular flexibility index (Phi) is 2.08. The highest BCUT2D eigenvalue weighted by Gasteiger charge is 1.71. The van der Waals surface area contributed by atoms with E-state index in [0.29, 0.717) is 5.70 Å². The van der Waals surface area contributed by atoms with Crippen molar-refractivity contribution in [1.82, 2.24) is 5.43 Å². The molecule has 0 aliphatic heterocycles. The van der Waals surface area contributed by atoms with Crippen LogP contribution in [-0.4, -0.2) is 6.21 Å². The van der Waals surface area contributed by atoms with Crippen LogP contribution in [-0.2, 0) is 0 Å². The topological polar surface area (TPSA) is 61.9 Å². The summed E-state index contributed by atoms with van der Waals surface area (Å²) in [6.07, 6.45) is 1.04. The summed E-state index contributed by atoms with van der Waals surface area (Å²) in [5.74, 6) is 4.78. The van der Waals surface area contributed by atoms with Crippen molar-refractivity contribution in [3.63, 3.8) is 0 Å². The molecule has 0 aromatic heterocycles. The first kappa shape index (κ1) is 5.17. The molecule has 4 N–H and O–H groups in total. The van der Waals surface area contributed by atoms with Crippen LogP contribution in [0.3, 0.4) is 0 Å². The molecule has 0 aliphatic rings. The van der Waals surface area contributed by atoms with Crippen LogP contribution >= 0.6 is 0 Å². The van der Waals surface area contributed by atoms with Gasteiger partial charge in [0.25, 0.3) is 0 Å². The zero-order valence-corrected chi connectivity index (χ0v) is 3.36. The summed E-state index contributed by atoms with van der Waals surface area (Å²) in [7, 11) is 0. The van der Waals surface area contributed by atoms with Crippen molar-refractivity contribution < 1.29 is 0 Å². The van der Waals surface area contributed by atoms with Crippen LogP contribution in [0.2, 0.25) is 0 Å². The van der Waals surface area contributed by atoms with Crippen LogP contribution in [0.5, 0.6) is 0 Å². The Labute approximate surface area is 36.3 Å². The number of hydrogen-bond acceptors (Lipinski definition) is 3. The maximum atomic E-state index is 6.44. The van der Waals surface area contributed by atoms with Crippen molar-refractivity contribution in [2.75, 3.05) is 0 Å². The predicted octanol–water partition coefficient (Wildman–Crippen LogP) is -0.387. The minimum absolute atomic E-state index is 0.412. The predicted molar refractivity (Wildman–Crippen MR) is 25.2 cm³/mol. The Hall–Kier alpha value is -0.830. The first-order chi connectivity index (χ1) is 2.81. The van der Waals surface area contributed by atoms with Gasteiger partial charge in [-0.15, -0.1) is 0 Å².